The van der Waals surface area contributed by atoms with Gasteiger partial charge in [0.2, 0.25) is 23.6 Å². The molecule has 1 heterocycles. The van der Waals surface area contributed by atoms with E-state index in [0.717, 1.165) is 0 Å². The number of carbonyl (C=O) groups excluding carboxylic acids is 4. The van der Waals surface area contributed by atoms with E-state index < -0.39 is 60.2 Å². The Bertz CT molecular complexity index is 977. The van der Waals surface area contributed by atoms with Crippen molar-refractivity contribution in [2.75, 3.05) is 6.54 Å². The number of primary amides is 1. The third-order valence-electron chi connectivity index (χ3n) is 5.27. The first-order valence-corrected chi connectivity index (χ1v) is 12.0. The molecule has 0 aliphatic carbocycles. The van der Waals surface area contributed by atoms with E-state index in [9.17, 15) is 29.1 Å². The van der Waals surface area contributed by atoms with Crippen LogP contribution < -0.4 is 38.9 Å². The second-order valence-corrected chi connectivity index (χ2v) is 9.16. The predicted octanol–water partition coefficient (Wildman–Crippen LogP) is -3.21. The summed E-state index contributed by atoms with van der Waals surface area (Å²) in [6.45, 7) is 3.80. The maximum Gasteiger partial charge on any atom is 0.326 e. The van der Waals surface area contributed by atoms with Gasteiger partial charge in [-0.05, 0) is 25.2 Å². The Morgan fingerprint density at radius 3 is 2.13 bits per heavy atom. The number of carbonyl (C=O) groups is 5. The number of rotatable bonds is 17. The van der Waals surface area contributed by atoms with E-state index >= 15 is 0 Å². The quantitative estimate of drug-likeness (QED) is 0.0543. The first-order valence-electron chi connectivity index (χ1n) is 12.0. The van der Waals surface area contributed by atoms with Crippen LogP contribution in [0.15, 0.2) is 17.5 Å². The van der Waals surface area contributed by atoms with Crippen LogP contribution in [-0.4, -0.2) is 81.3 Å². The van der Waals surface area contributed by atoms with Gasteiger partial charge < -0.3 is 49.0 Å². The number of nitrogens with zero attached hydrogens (tertiary/aromatic N) is 2. The molecule has 0 saturated carbocycles. The lowest BCUT2D eigenvalue weighted by atomic mass is 10.0. The highest BCUT2D eigenvalue weighted by molar-refractivity contribution is 5.95. The molecule has 0 fully saturated rings. The molecule has 38 heavy (non-hydrogen) atoms. The molecular formula is C22H38N10O6. The number of nitrogens with one attached hydrogen (secondary N) is 4. The van der Waals surface area contributed by atoms with E-state index in [4.69, 9.17) is 22.9 Å². The predicted molar refractivity (Wildman–Crippen MR) is 137 cm³/mol. The molecular weight excluding hydrogens is 500 g/mol. The number of hydrogen-bond acceptors (Lipinski definition) is 8. The fraction of sp³-hybridized carbons (Fsp3) is 0.591. The van der Waals surface area contributed by atoms with Crippen molar-refractivity contribution in [3.05, 3.63) is 18.2 Å². The van der Waals surface area contributed by atoms with Gasteiger partial charge in [-0.25, -0.2) is 9.78 Å². The molecule has 0 saturated heterocycles. The largest absolute Gasteiger partial charge is 0.480 e. The third-order valence-corrected chi connectivity index (χ3v) is 5.27. The summed E-state index contributed by atoms with van der Waals surface area (Å²) in [7, 11) is 0. The zero-order valence-corrected chi connectivity index (χ0v) is 21.5. The fourth-order valence-corrected chi connectivity index (χ4v) is 3.42. The monoisotopic (exact) mass is 538 g/mol. The molecule has 1 aromatic rings. The summed E-state index contributed by atoms with van der Waals surface area (Å²) in [4.78, 5) is 72.0. The van der Waals surface area contributed by atoms with Crippen molar-refractivity contribution in [3.8, 4) is 0 Å². The van der Waals surface area contributed by atoms with Crippen LogP contribution in [0.1, 0.15) is 45.2 Å². The maximum absolute atomic E-state index is 13.2. The van der Waals surface area contributed by atoms with Crippen LogP contribution in [0.2, 0.25) is 0 Å². The molecule has 0 bridgehead atoms. The van der Waals surface area contributed by atoms with E-state index in [-0.39, 0.29) is 44.1 Å². The summed E-state index contributed by atoms with van der Waals surface area (Å²) in [5, 5.41) is 17.1. The Morgan fingerprint density at radius 2 is 1.61 bits per heavy atom. The van der Waals surface area contributed by atoms with Crippen LogP contribution in [0.5, 0.6) is 0 Å². The van der Waals surface area contributed by atoms with Crippen molar-refractivity contribution >= 4 is 35.6 Å². The van der Waals surface area contributed by atoms with Crippen LogP contribution in [-0.2, 0) is 30.4 Å². The van der Waals surface area contributed by atoms with Crippen LogP contribution >= 0.6 is 0 Å². The molecule has 0 radical (unpaired) electrons. The highest BCUT2D eigenvalue weighted by atomic mass is 16.4. The molecule has 1 aromatic heterocycles. The number of imidazole rings is 1. The maximum atomic E-state index is 13.2. The highest BCUT2D eigenvalue weighted by Crippen LogP contribution is 2.08. The summed E-state index contributed by atoms with van der Waals surface area (Å²) in [6.07, 6.45) is 2.86. The van der Waals surface area contributed by atoms with Gasteiger partial charge in [-0.15, -0.1) is 0 Å². The van der Waals surface area contributed by atoms with Gasteiger partial charge in [0.1, 0.15) is 18.1 Å². The number of aliphatic carboxylic acids is 1. The van der Waals surface area contributed by atoms with Crippen LogP contribution in [0, 0.1) is 5.92 Å². The Morgan fingerprint density at radius 1 is 1.00 bits per heavy atom. The van der Waals surface area contributed by atoms with Gasteiger partial charge in [0.15, 0.2) is 5.96 Å². The fourth-order valence-electron chi connectivity index (χ4n) is 3.42. The summed E-state index contributed by atoms with van der Waals surface area (Å²) in [6, 6.07) is -4.83. The highest BCUT2D eigenvalue weighted by Gasteiger charge is 2.31. The first-order chi connectivity index (χ1) is 17.8. The molecule has 4 unspecified atom stereocenters. The second kappa shape index (κ2) is 15.8. The van der Waals surface area contributed by atoms with Crippen molar-refractivity contribution in [1.82, 2.24) is 25.9 Å². The van der Waals surface area contributed by atoms with E-state index in [1.54, 1.807) is 0 Å². The Kier molecular flexibility index (Phi) is 13.2. The van der Waals surface area contributed by atoms with Crippen molar-refractivity contribution in [2.45, 2.75) is 70.1 Å². The number of carboxylic acids is 1. The molecule has 4 atom stereocenters. The molecule has 13 N–H and O–H groups in total. The van der Waals surface area contributed by atoms with E-state index in [1.807, 2.05) is 13.8 Å². The first kappa shape index (κ1) is 31.8. The molecule has 0 spiro atoms. The second-order valence-electron chi connectivity index (χ2n) is 9.16. The van der Waals surface area contributed by atoms with Crippen molar-refractivity contribution < 1.29 is 29.1 Å². The normalized spacial score (nSPS) is 14.0. The zero-order valence-electron chi connectivity index (χ0n) is 21.5. The Balaban J connectivity index is 3.05. The number of hydrogen-bond donors (Lipinski definition) is 9. The molecule has 4 amide bonds. The van der Waals surface area contributed by atoms with Crippen molar-refractivity contribution in [2.24, 2.45) is 33.8 Å². The minimum Gasteiger partial charge on any atom is -0.480 e. The minimum absolute atomic E-state index is 0.0432. The van der Waals surface area contributed by atoms with Gasteiger partial charge in [0.25, 0.3) is 0 Å². The van der Waals surface area contributed by atoms with Gasteiger partial charge in [0, 0.05) is 24.9 Å². The van der Waals surface area contributed by atoms with Gasteiger partial charge in [0.05, 0.1) is 18.8 Å². The average Bonchev–Trinajstić information content (AvgIpc) is 3.32. The Hall–Kier alpha value is -4.21. The number of aromatic nitrogens is 2. The van der Waals surface area contributed by atoms with Gasteiger partial charge >= 0.3 is 5.97 Å². The number of carboxylic acid groups (broad SMARTS) is 1. The van der Waals surface area contributed by atoms with E-state index in [2.05, 4.69) is 30.9 Å². The topological polar surface area (TPSA) is 287 Å². The van der Waals surface area contributed by atoms with Crippen LogP contribution in [0.4, 0.5) is 0 Å². The van der Waals surface area contributed by atoms with Gasteiger partial charge in [-0.3, -0.25) is 24.2 Å². The molecule has 0 aliphatic rings. The summed E-state index contributed by atoms with van der Waals surface area (Å²) < 4.78 is 0. The van der Waals surface area contributed by atoms with E-state index in [0.29, 0.717) is 5.69 Å². The number of nitrogens with two attached hydrogens (primary N) is 4. The average molecular weight is 539 g/mol. The smallest absolute Gasteiger partial charge is 0.326 e. The molecule has 0 aromatic carbocycles. The van der Waals surface area contributed by atoms with Crippen LogP contribution in [0.3, 0.4) is 0 Å². The Labute approximate surface area is 219 Å². The SMILES string of the molecule is CC(C)CC(NC(=O)C(N)CC(N)=O)C(=O)NC(CCCN=C(N)N)C(=O)NC(Cc1cnc[nH]1)C(=O)O. The molecule has 16 nitrogen and oxygen atoms in total. The zero-order chi connectivity index (χ0) is 28.8. The van der Waals surface area contributed by atoms with Crippen LogP contribution in [0.25, 0.3) is 0 Å². The molecule has 16 heteroatoms. The van der Waals surface area contributed by atoms with E-state index in [1.165, 1.54) is 12.5 Å². The molecule has 0 aliphatic heterocycles. The standard InChI is InChI=1S/C22H38N10O6/c1-11(2)6-15(31-18(34)13(23)8-17(24)33)20(36)30-14(4-3-5-28-22(25)26)19(35)32-16(21(37)38)7-12-9-27-10-29-12/h9-11,13-16H,3-8,23H2,1-2H3,(H2,24,33)(H,27,29)(H,30,36)(H,31,34)(H,32,35)(H,37,38)(H4,25,26,28). The van der Waals surface area contributed by atoms with Crippen molar-refractivity contribution in [3.63, 3.8) is 0 Å². The summed E-state index contributed by atoms with van der Waals surface area (Å²) >= 11 is 0. The lowest BCUT2D eigenvalue weighted by Gasteiger charge is -2.26. The number of amides is 4. The minimum atomic E-state index is -1.31. The number of aromatic amines is 1. The number of guanidine groups is 1. The lowest BCUT2D eigenvalue weighted by Crippen LogP contribution is -2.57. The van der Waals surface area contributed by atoms with Crippen molar-refractivity contribution in [1.29, 1.82) is 0 Å². The number of H-pyrrole nitrogens is 1. The molecule has 1 rings (SSSR count). The lowest BCUT2D eigenvalue weighted by molar-refractivity contribution is -0.142. The summed E-state index contributed by atoms with van der Waals surface area (Å²) in [5.41, 5.74) is 21.9. The molecule has 212 valence electrons. The summed E-state index contributed by atoms with van der Waals surface area (Å²) in [5.74, 6) is -4.46. The third kappa shape index (κ3) is 12.2. The number of aliphatic imine (C=N–C) groups is 1. The van der Waals surface area contributed by atoms with Gasteiger partial charge in [-0.1, -0.05) is 13.8 Å². The van der Waals surface area contributed by atoms with Gasteiger partial charge in [-0.2, -0.15) is 0 Å².